The molecule has 0 saturated carbocycles. The molecule has 160 valence electrons. The Morgan fingerprint density at radius 3 is 2.53 bits per heavy atom. The van der Waals surface area contributed by atoms with Crippen LogP contribution < -0.4 is 4.74 Å². The fourth-order valence-electron chi connectivity index (χ4n) is 3.60. The van der Waals surface area contributed by atoms with Crippen molar-refractivity contribution < 1.29 is 18.7 Å². The first-order chi connectivity index (χ1) is 14.5. The van der Waals surface area contributed by atoms with Crippen LogP contribution in [0, 0.1) is 11.7 Å². The molecule has 0 unspecified atom stereocenters. The van der Waals surface area contributed by atoms with Crippen LogP contribution in [0.2, 0.25) is 0 Å². The van der Waals surface area contributed by atoms with Gasteiger partial charge < -0.3 is 14.5 Å². The van der Waals surface area contributed by atoms with Crippen molar-refractivity contribution in [3.63, 3.8) is 0 Å². The summed E-state index contributed by atoms with van der Waals surface area (Å²) in [7, 11) is 0. The van der Waals surface area contributed by atoms with E-state index >= 15 is 0 Å². The topological polar surface area (TPSA) is 49.9 Å². The van der Waals surface area contributed by atoms with Crippen LogP contribution in [0.25, 0.3) is 0 Å². The summed E-state index contributed by atoms with van der Waals surface area (Å²) in [6, 6.07) is 14.0. The number of likely N-dealkylation sites (tertiary alicyclic amines) is 1. The van der Waals surface area contributed by atoms with Gasteiger partial charge in [0.15, 0.2) is 6.61 Å². The van der Waals surface area contributed by atoms with Crippen LogP contribution in [0.5, 0.6) is 5.75 Å². The van der Waals surface area contributed by atoms with Crippen molar-refractivity contribution in [1.82, 2.24) is 9.80 Å². The summed E-state index contributed by atoms with van der Waals surface area (Å²) in [5.41, 5.74) is 0.491. The number of amides is 2. The molecule has 0 spiro atoms. The zero-order valence-electron chi connectivity index (χ0n) is 17.0. The van der Waals surface area contributed by atoms with E-state index in [4.69, 9.17) is 4.74 Å². The van der Waals surface area contributed by atoms with Crippen LogP contribution in [0.15, 0.2) is 53.0 Å². The summed E-state index contributed by atoms with van der Waals surface area (Å²) < 4.78 is 20.4. The minimum atomic E-state index is -0.316. The summed E-state index contributed by atoms with van der Waals surface area (Å²) in [4.78, 5) is 28.8. The molecule has 2 aromatic rings. The Labute approximate surface area is 184 Å². The Morgan fingerprint density at radius 1 is 1.17 bits per heavy atom. The number of nitrogens with zero attached hydrogens (tertiary/aromatic N) is 2. The zero-order valence-corrected chi connectivity index (χ0v) is 18.6. The van der Waals surface area contributed by atoms with Gasteiger partial charge in [0.05, 0.1) is 0 Å². The van der Waals surface area contributed by atoms with Crippen molar-refractivity contribution in [3.05, 3.63) is 64.4 Å². The van der Waals surface area contributed by atoms with E-state index < -0.39 is 0 Å². The second kappa shape index (κ2) is 10.6. The Bertz CT molecular complexity index is 870. The summed E-state index contributed by atoms with van der Waals surface area (Å²) in [6.45, 7) is 3.69. The molecular formula is C23H26BrFN2O3. The molecule has 1 heterocycles. The number of hydrogen-bond acceptors (Lipinski definition) is 3. The summed E-state index contributed by atoms with van der Waals surface area (Å²) in [5.74, 6) is 0.134. The molecule has 1 saturated heterocycles. The third kappa shape index (κ3) is 5.81. The Morgan fingerprint density at radius 2 is 1.87 bits per heavy atom. The lowest BCUT2D eigenvalue weighted by Crippen LogP contribution is -2.45. The van der Waals surface area contributed by atoms with Gasteiger partial charge in [-0.25, -0.2) is 4.39 Å². The molecule has 2 aromatic carbocycles. The van der Waals surface area contributed by atoms with E-state index in [2.05, 4.69) is 15.9 Å². The van der Waals surface area contributed by atoms with Crippen molar-refractivity contribution in [3.8, 4) is 5.75 Å². The predicted octanol–water partition coefficient (Wildman–Crippen LogP) is 4.25. The quantitative estimate of drug-likeness (QED) is 0.599. The van der Waals surface area contributed by atoms with E-state index in [1.165, 1.54) is 6.07 Å². The van der Waals surface area contributed by atoms with Gasteiger partial charge in [0.25, 0.3) is 5.91 Å². The summed E-state index contributed by atoms with van der Waals surface area (Å²) in [5, 5.41) is 0. The van der Waals surface area contributed by atoms with Crippen molar-refractivity contribution in [2.75, 3.05) is 26.2 Å². The molecule has 1 fully saturated rings. The molecule has 7 heteroatoms. The second-order valence-electron chi connectivity index (χ2n) is 7.34. The second-order valence-corrected chi connectivity index (χ2v) is 8.26. The maximum absolute atomic E-state index is 14.1. The van der Waals surface area contributed by atoms with Crippen molar-refractivity contribution in [2.24, 2.45) is 5.92 Å². The lowest BCUT2D eigenvalue weighted by Gasteiger charge is -2.34. The Balaban J connectivity index is 1.51. The normalized spacial score (nSPS) is 14.4. The maximum Gasteiger partial charge on any atom is 0.260 e. The largest absolute Gasteiger partial charge is 0.484 e. The fourth-order valence-corrected chi connectivity index (χ4v) is 4.01. The SMILES string of the molecule is CCN(Cc1cc(Br)ccc1F)C(=O)C1CCN(C(=O)COc2ccccc2)CC1. The average molecular weight is 477 g/mol. The van der Waals surface area contributed by atoms with Gasteiger partial charge in [-0.3, -0.25) is 9.59 Å². The van der Waals surface area contributed by atoms with Crippen molar-refractivity contribution in [2.45, 2.75) is 26.3 Å². The molecule has 0 radical (unpaired) electrons. The smallest absolute Gasteiger partial charge is 0.260 e. The summed E-state index contributed by atoms with van der Waals surface area (Å²) >= 11 is 3.35. The van der Waals surface area contributed by atoms with Gasteiger partial charge in [0, 0.05) is 42.1 Å². The highest BCUT2D eigenvalue weighted by Crippen LogP contribution is 2.23. The lowest BCUT2D eigenvalue weighted by atomic mass is 9.95. The number of halogens is 2. The third-order valence-corrected chi connectivity index (χ3v) is 5.86. The van der Waals surface area contributed by atoms with Gasteiger partial charge in [0.2, 0.25) is 5.91 Å². The number of para-hydroxylation sites is 1. The molecule has 2 amide bonds. The minimum Gasteiger partial charge on any atom is -0.484 e. The lowest BCUT2D eigenvalue weighted by molar-refractivity contribution is -0.141. The number of piperidine rings is 1. The number of rotatable bonds is 7. The van der Waals surface area contributed by atoms with Crippen LogP contribution in [0.4, 0.5) is 4.39 Å². The molecule has 0 N–H and O–H groups in total. The fraction of sp³-hybridized carbons (Fsp3) is 0.391. The molecule has 3 rings (SSSR count). The molecule has 1 aliphatic rings. The van der Waals surface area contributed by atoms with E-state index in [9.17, 15) is 14.0 Å². The molecular weight excluding hydrogens is 451 g/mol. The molecule has 0 atom stereocenters. The van der Waals surface area contributed by atoms with Crippen molar-refractivity contribution >= 4 is 27.7 Å². The van der Waals surface area contributed by atoms with E-state index in [1.54, 1.807) is 21.9 Å². The van der Waals surface area contributed by atoms with E-state index in [-0.39, 0.29) is 36.7 Å². The first-order valence-corrected chi connectivity index (χ1v) is 11.0. The van der Waals surface area contributed by atoms with Gasteiger partial charge in [0.1, 0.15) is 11.6 Å². The monoisotopic (exact) mass is 476 g/mol. The molecule has 0 bridgehead atoms. The molecule has 0 aliphatic carbocycles. The number of carbonyl (C=O) groups excluding carboxylic acids is 2. The molecule has 0 aromatic heterocycles. The van der Waals surface area contributed by atoms with Gasteiger partial charge in [-0.1, -0.05) is 34.1 Å². The Kier molecular flexibility index (Phi) is 7.85. The standard InChI is InChI=1S/C23H26BrFN2O3/c1-2-26(15-18-14-19(24)8-9-21(18)25)23(29)17-10-12-27(13-11-17)22(28)16-30-20-6-4-3-5-7-20/h3-9,14,17H,2,10-13,15-16H2,1H3. The van der Waals surface area contributed by atoms with Crippen molar-refractivity contribution in [1.29, 1.82) is 0 Å². The van der Waals surface area contributed by atoms with Crippen LogP contribution in [0.1, 0.15) is 25.3 Å². The molecule has 1 aliphatic heterocycles. The molecule has 5 nitrogen and oxygen atoms in total. The van der Waals surface area contributed by atoms with Gasteiger partial charge in [-0.05, 0) is 50.1 Å². The van der Waals surface area contributed by atoms with E-state index in [1.807, 2.05) is 37.3 Å². The average Bonchev–Trinajstić information content (AvgIpc) is 2.78. The van der Waals surface area contributed by atoms with Crippen LogP contribution in [0.3, 0.4) is 0 Å². The van der Waals surface area contributed by atoms with E-state index in [0.29, 0.717) is 43.8 Å². The number of hydrogen-bond donors (Lipinski definition) is 0. The number of carbonyl (C=O) groups is 2. The van der Waals surface area contributed by atoms with Gasteiger partial charge in [-0.15, -0.1) is 0 Å². The highest BCUT2D eigenvalue weighted by atomic mass is 79.9. The third-order valence-electron chi connectivity index (χ3n) is 5.36. The zero-order chi connectivity index (χ0) is 21.5. The first-order valence-electron chi connectivity index (χ1n) is 10.2. The van der Waals surface area contributed by atoms with Crippen LogP contribution >= 0.6 is 15.9 Å². The minimum absolute atomic E-state index is 0.00806. The van der Waals surface area contributed by atoms with Crippen LogP contribution in [-0.4, -0.2) is 47.9 Å². The first kappa shape index (κ1) is 22.3. The van der Waals surface area contributed by atoms with Crippen LogP contribution in [-0.2, 0) is 16.1 Å². The highest BCUT2D eigenvalue weighted by Gasteiger charge is 2.30. The Hall–Kier alpha value is -2.41. The molecule has 30 heavy (non-hydrogen) atoms. The predicted molar refractivity (Wildman–Crippen MR) is 116 cm³/mol. The van der Waals surface area contributed by atoms with E-state index in [0.717, 1.165) is 4.47 Å². The maximum atomic E-state index is 14.1. The number of ether oxygens (including phenoxy) is 1. The van der Waals surface area contributed by atoms with Gasteiger partial charge >= 0.3 is 0 Å². The number of benzene rings is 2. The summed E-state index contributed by atoms with van der Waals surface area (Å²) in [6.07, 6.45) is 1.21. The van der Waals surface area contributed by atoms with Gasteiger partial charge in [-0.2, -0.15) is 0 Å². The highest BCUT2D eigenvalue weighted by molar-refractivity contribution is 9.10.